The van der Waals surface area contributed by atoms with Crippen molar-refractivity contribution in [3.8, 4) is 0 Å². The summed E-state index contributed by atoms with van der Waals surface area (Å²) in [5.41, 5.74) is 5.01. The average Bonchev–Trinajstić information content (AvgIpc) is 3.29. The molecule has 0 amide bonds. The van der Waals surface area contributed by atoms with Gasteiger partial charge in [0.25, 0.3) is 0 Å². The number of aryl methyl sites for hydroxylation is 1. The van der Waals surface area contributed by atoms with E-state index in [1.807, 2.05) is 30.6 Å². The average molecular weight is 378 g/mol. The Kier molecular flexibility index (Phi) is 4.97. The van der Waals surface area contributed by atoms with Crippen LogP contribution in [0.3, 0.4) is 0 Å². The molecule has 0 unspecified atom stereocenters. The van der Waals surface area contributed by atoms with Crippen molar-refractivity contribution in [2.24, 2.45) is 4.99 Å². The van der Waals surface area contributed by atoms with Crippen molar-refractivity contribution in [1.82, 2.24) is 25.0 Å². The maximum atomic E-state index is 13.3. The maximum Gasteiger partial charge on any atom is 0.191 e. The summed E-state index contributed by atoms with van der Waals surface area (Å²) in [6.07, 6.45) is 4.77. The van der Waals surface area contributed by atoms with Gasteiger partial charge in [0.1, 0.15) is 11.5 Å². The van der Waals surface area contributed by atoms with Gasteiger partial charge in [-0.25, -0.2) is 9.37 Å². The summed E-state index contributed by atoms with van der Waals surface area (Å²) in [5, 5.41) is 7.66. The topological polar surface area (TPSA) is 69.5 Å². The molecule has 4 aromatic rings. The first-order valence-corrected chi connectivity index (χ1v) is 9.27. The first-order chi connectivity index (χ1) is 13.6. The molecule has 6 nitrogen and oxygen atoms in total. The van der Waals surface area contributed by atoms with Gasteiger partial charge in [-0.15, -0.1) is 0 Å². The number of pyridine rings is 1. The zero-order valence-corrected chi connectivity index (χ0v) is 16.0. The van der Waals surface area contributed by atoms with Gasteiger partial charge < -0.3 is 20.0 Å². The second-order valence-corrected chi connectivity index (χ2v) is 6.73. The van der Waals surface area contributed by atoms with Crippen molar-refractivity contribution in [2.75, 3.05) is 13.6 Å². The number of hydrogen-bond acceptors (Lipinski definition) is 2. The van der Waals surface area contributed by atoms with Crippen LogP contribution < -0.4 is 10.6 Å². The molecule has 0 aliphatic carbocycles. The zero-order valence-electron chi connectivity index (χ0n) is 16.0. The van der Waals surface area contributed by atoms with Crippen LogP contribution in [0.4, 0.5) is 4.39 Å². The number of nitrogens with zero attached hydrogens (tertiary/aromatic N) is 3. The largest absolute Gasteiger partial charge is 0.361 e. The molecule has 0 bridgehead atoms. The molecular weight excluding hydrogens is 355 g/mol. The summed E-state index contributed by atoms with van der Waals surface area (Å²) in [5.74, 6) is 0.491. The van der Waals surface area contributed by atoms with Crippen LogP contribution in [0.5, 0.6) is 0 Å². The molecule has 144 valence electrons. The standard InChI is InChI=1S/C21H23FN6/c1-14-4-3-5-20-27-17(13-28(14)20)12-26-21(23-2)24-9-8-15-11-25-19-10-16(22)6-7-18(15)19/h3-7,10-11,13,25H,8-9,12H2,1-2H3,(H2,23,24,26). The Bertz CT molecular complexity index is 1140. The lowest BCUT2D eigenvalue weighted by Gasteiger charge is -2.10. The molecule has 4 rings (SSSR count). The Morgan fingerprint density at radius 1 is 1.25 bits per heavy atom. The van der Waals surface area contributed by atoms with E-state index in [0.717, 1.165) is 45.9 Å². The van der Waals surface area contributed by atoms with Gasteiger partial charge >= 0.3 is 0 Å². The highest BCUT2D eigenvalue weighted by Crippen LogP contribution is 2.19. The van der Waals surface area contributed by atoms with Crippen molar-refractivity contribution >= 4 is 22.5 Å². The number of halogens is 1. The lowest BCUT2D eigenvalue weighted by Crippen LogP contribution is -2.37. The molecule has 1 aromatic carbocycles. The number of guanidine groups is 1. The van der Waals surface area contributed by atoms with E-state index in [-0.39, 0.29) is 5.82 Å². The number of aromatic amines is 1. The molecule has 0 fully saturated rings. The second-order valence-electron chi connectivity index (χ2n) is 6.73. The highest BCUT2D eigenvalue weighted by molar-refractivity contribution is 5.83. The van der Waals surface area contributed by atoms with E-state index in [2.05, 4.69) is 43.0 Å². The Labute approximate surface area is 162 Å². The van der Waals surface area contributed by atoms with Gasteiger partial charge in [0.15, 0.2) is 5.96 Å². The van der Waals surface area contributed by atoms with Gasteiger partial charge in [-0.1, -0.05) is 6.07 Å². The van der Waals surface area contributed by atoms with Crippen LogP contribution in [0.1, 0.15) is 17.0 Å². The van der Waals surface area contributed by atoms with Crippen LogP contribution in [0.25, 0.3) is 16.6 Å². The predicted octanol–water partition coefficient (Wildman–Crippen LogP) is 3.17. The molecule has 0 saturated heterocycles. The summed E-state index contributed by atoms with van der Waals surface area (Å²) in [4.78, 5) is 12.0. The Morgan fingerprint density at radius 2 is 2.14 bits per heavy atom. The maximum absolute atomic E-state index is 13.3. The molecule has 0 spiro atoms. The Balaban J connectivity index is 1.33. The van der Waals surface area contributed by atoms with Gasteiger partial charge in [0.05, 0.1) is 12.2 Å². The predicted molar refractivity (Wildman–Crippen MR) is 110 cm³/mol. The van der Waals surface area contributed by atoms with Crippen LogP contribution >= 0.6 is 0 Å². The van der Waals surface area contributed by atoms with Crippen LogP contribution in [-0.2, 0) is 13.0 Å². The number of benzene rings is 1. The second kappa shape index (κ2) is 7.72. The molecule has 0 atom stereocenters. The number of fused-ring (bicyclic) bond motifs is 2. The molecule has 7 heteroatoms. The minimum atomic E-state index is -0.231. The van der Waals surface area contributed by atoms with Gasteiger partial charge in [-0.05, 0) is 49.2 Å². The highest BCUT2D eigenvalue weighted by atomic mass is 19.1. The molecule has 3 heterocycles. The smallest absolute Gasteiger partial charge is 0.191 e. The highest BCUT2D eigenvalue weighted by Gasteiger charge is 2.07. The fourth-order valence-electron chi connectivity index (χ4n) is 3.36. The van der Waals surface area contributed by atoms with Crippen molar-refractivity contribution in [1.29, 1.82) is 0 Å². The molecule has 0 radical (unpaired) electrons. The number of hydrogen-bond donors (Lipinski definition) is 3. The van der Waals surface area contributed by atoms with E-state index in [1.165, 1.54) is 12.1 Å². The van der Waals surface area contributed by atoms with Crippen molar-refractivity contribution < 1.29 is 4.39 Å². The SMILES string of the molecule is CN=C(NCCc1c[nH]c2cc(F)ccc12)NCc1cn2c(C)cccc2n1. The Hall–Kier alpha value is -3.35. The molecule has 0 saturated carbocycles. The monoisotopic (exact) mass is 378 g/mol. The van der Waals surface area contributed by atoms with E-state index in [1.54, 1.807) is 7.05 Å². The van der Waals surface area contributed by atoms with E-state index >= 15 is 0 Å². The van der Waals surface area contributed by atoms with Crippen molar-refractivity contribution in [3.63, 3.8) is 0 Å². The zero-order chi connectivity index (χ0) is 19.5. The first-order valence-electron chi connectivity index (χ1n) is 9.27. The molecule has 0 aliphatic rings. The Morgan fingerprint density at radius 3 is 2.96 bits per heavy atom. The third kappa shape index (κ3) is 3.69. The quantitative estimate of drug-likeness (QED) is 0.369. The van der Waals surface area contributed by atoms with Crippen LogP contribution in [0.2, 0.25) is 0 Å². The number of aliphatic imine (C=N–C) groups is 1. The van der Waals surface area contributed by atoms with Crippen LogP contribution in [-0.4, -0.2) is 33.9 Å². The third-order valence-electron chi connectivity index (χ3n) is 4.82. The normalized spacial score (nSPS) is 12.0. The summed E-state index contributed by atoms with van der Waals surface area (Å²) in [7, 11) is 1.75. The summed E-state index contributed by atoms with van der Waals surface area (Å²) in [6, 6.07) is 10.9. The number of rotatable bonds is 5. The fourth-order valence-corrected chi connectivity index (χ4v) is 3.36. The van der Waals surface area contributed by atoms with Gasteiger partial charge in [0.2, 0.25) is 0 Å². The number of aromatic nitrogens is 3. The number of H-pyrrole nitrogens is 1. The van der Waals surface area contributed by atoms with Crippen molar-refractivity contribution in [2.45, 2.75) is 19.9 Å². The number of imidazole rings is 1. The molecule has 28 heavy (non-hydrogen) atoms. The van der Waals surface area contributed by atoms with E-state index in [4.69, 9.17) is 0 Å². The summed E-state index contributed by atoms with van der Waals surface area (Å²) < 4.78 is 15.4. The fraction of sp³-hybridized carbons (Fsp3) is 0.238. The summed E-state index contributed by atoms with van der Waals surface area (Å²) in [6.45, 7) is 3.37. The summed E-state index contributed by atoms with van der Waals surface area (Å²) >= 11 is 0. The van der Waals surface area contributed by atoms with E-state index in [0.29, 0.717) is 13.1 Å². The van der Waals surface area contributed by atoms with E-state index in [9.17, 15) is 4.39 Å². The van der Waals surface area contributed by atoms with Crippen LogP contribution in [0.15, 0.2) is 53.8 Å². The number of nitrogens with one attached hydrogen (secondary N) is 3. The third-order valence-corrected chi connectivity index (χ3v) is 4.82. The van der Waals surface area contributed by atoms with Gasteiger partial charge in [0, 0.05) is 42.6 Å². The van der Waals surface area contributed by atoms with Gasteiger partial charge in [-0.3, -0.25) is 4.99 Å². The van der Waals surface area contributed by atoms with Gasteiger partial charge in [-0.2, -0.15) is 0 Å². The lowest BCUT2D eigenvalue weighted by atomic mass is 10.1. The minimum Gasteiger partial charge on any atom is -0.361 e. The molecule has 3 aromatic heterocycles. The van der Waals surface area contributed by atoms with Crippen molar-refractivity contribution in [3.05, 3.63) is 71.6 Å². The molecule has 0 aliphatic heterocycles. The first kappa shape index (κ1) is 18.0. The molecule has 3 N–H and O–H groups in total. The lowest BCUT2D eigenvalue weighted by molar-refractivity contribution is 0.629. The minimum absolute atomic E-state index is 0.231. The van der Waals surface area contributed by atoms with Crippen LogP contribution in [0, 0.1) is 12.7 Å². The van der Waals surface area contributed by atoms with E-state index < -0.39 is 0 Å². The molecular formula is C21H23FN6.